The largest absolute Gasteiger partial charge is 0.254 e. The summed E-state index contributed by atoms with van der Waals surface area (Å²) in [7, 11) is -2.81. The van der Waals surface area contributed by atoms with Crippen LogP contribution in [0.1, 0.15) is 26.2 Å². The zero-order valence-corrected chi connectivity index (χ0v) is 9.65. The molecule has 0 aromatic rings. The molecule has 14 heavy (non-hydrogen) atoms. The molecule has 0 aromatic carbocycles. The highest BCUT2D eigenvalue weighted by Crippen LogP contribution is 2.05. The van der Waals surface area contributed by atoms with Gasteiger partial charge in [0.2, 0.25) is 0 Å². The van der Waals surface area contributed by atoms with Gasteiger partial charge >= 0.3 is 0 Å². The summed E-state index contributed by atoms with van der Waals surface area (Å²) in [5.74, 6) is 0.495. The number of piperidine rings is 1. The molecule has 0 aromatic heterocycles. The van der Waals surface area contributed by atoms with Crippen LogP contribution in [0.2, 0.25) is 0 Å². The molecule has 0 atom stereocenters. The quantitative estimate of drug-likeness (QED) is 0.729. The van der Waals surface area contributed by atoms with Crippen molar-refractivity contribution in [2.45, 2.75) is 26.2 Å². The molecule has 4 nitrogen and oxygen atoms in total. The molecule has 1 saturated heterocycles. The van der Waals surface area contributed by atoms with Gasteiger partial charge in [-0.25, -0.2) is 13.4 Å². The average molecular weight is 220 g/mol. The molecule has 1 fully saturated rings. The van der Waals surface area contributed by atoms with Gasteiger partial charge in [-0.1, -0.05) is 13.3 Å². The van der Waals surface area contributed by atoms with Gasteiger partial charge in [-0.05, 0) is 12.8 Å². The molecular formula is C9H20N2O2S. The Hall–Kier alpha value is -0.130. The fourth-order valence-corrected chi connectivity index (χ4v) is 2.25. The zero-order valence-electron chi connectivity index (χ0n) is 8.83. The first-order valence-electron chi connectivity index (χ1n) is 5.33. The minimum Gasteiger partial charge on any atom is -0.254 e. The molecule has 0 saturated carbocycles. The number of rotatable bonds is 5. The lowest BCUT2D eigenvalue weighted by Crippen LogP contribution is -2.43. The van der Waals surface area contributed by atoms with Crippen LogP contribution >= 0.6 is 0 Å². The van der Waals surface area contributed by atoms with Gasteiger partial charge in [0.15, 0.2) is 9.84 Å². The van der Waals surface area contributed by atoms with E-state index in [-0.39, 0.29) is 11.5 Å². The van der Waals surface area contributed by atoms with E-state index in [2.05, 4.69) is 10.4 Å². The van der Waals surface area contributed by atoms with Crippen molar-refractivity contribution in [3.8, 4) is 0 Å². The summed E-state index contributed by atoms with van der Waals surface area (Å²) in [5.41, 5.74) is 3.17. The third-order valence-corrected chi connectivity index (χ3v) is 4.25. The number of sulfone groups is 1. The van der Waals surface area contributed by atoms with Crippen molar-refractivity contribution in [2.75, 3.05) is 31.1 Å². The van der Waals surface area contributed by atoms with Crippen molar-refractivity contribution in [3.63, 3.8) is 0 Å². The Morgan fingerprint density at radius 2 is 1.86 bits per heavy atom. The van der Waals surface area contributed by atoms with Gasteiger partial charge in [-0.2, -0.15) is 0 Å². The van der Waals surface area contributed by atoms with Crippen LogP contribution in [0, 0.1) is 0 Å². The van der Waals surface area contributed by atoms with Crippen molar-refractivity contribution in [1.29, 1.82) is 0 Å². The van der Waals surface area contributed by atoms with E-state index in [1.54, 1.807) is 6.92 Å². The van der Waals surface area contributed by atoms with Crippen molar-refractivity contribution < 1.29 is 8.42 Å². The van der Waals surface area contributed by atoms with Crippen LogP contribution < -0.4 is 5.43 Å². The molecule has 1 aliphatic rings. The van der Waals surface area contributed by atoms with Gasteiger partial charge in [-0.3, -0.25) is 5.43 Å². The lowest BCUT2D eigenvalue weighted by molar-refractivity contribution is 0.159. The fourth-order valence-electron chi connectivity index (χ4n) is 1.56. The number of hydrogen-bond acceptors (Lipinski definition) is 4. The highest BCUT2D eigenvalue weighted by atomic mass is 32.2. The van der Waals surface area contributed by atoms with Crippen LogP contribution in [0.3, 0.4) is 0 Å². The Bertz CT molecular complexity index is 246. The highest BCUT2D eigenvalue weighted by molar-refractivity contribution is 7.91. The Labute approximate surface area is 86.6 Å². The topological polar surface area (TPSA) is 49.4 Å². The minimum absolute atomic E-state index is 0.245. The molecular weight excluding hydrogens is 200 g/mol. The monoisotopic (exact) mass is 220 g/mol. The predicted octanol–water partition coefficient (Wildman–Crippen LogP) is 0.412. The van der Waals surface area contributed by atoms with Crippen molar-refractivity contribution >= 4 is 9.84 Å². The summed E-state index contributed by atoms with van der Waals surface area (Å²) in [5, 5.41) is 2.13. The summed E-state index contributed by atoms with van der Waals surface area (Å²) in [6.07, 6.45) is 3.73. The SMILES string of the molecule is CCS(=O)(=O)CCNN1CCCCC1. The molecule has 1 N–H and O–H groups in total. The summed E-state index contributed by atoms with van der Waals surface area (Å²) in [6.45, 7) is 4.34. The molecule has 0 amide bonds. The van der Waals surface area contributed by atoms with Gasteiger partial charge < -0.3 is 0 Å². The molecule has 1 aliphatic heterocycles. The fraction of sp³-hybridized carbons (Fsp3) is 1.00. The minimum atomic E-state index is -2.81. The average Bonchev–Trinajstić information content (AvgIpc) is 2.19. The van der Waals surface area contributed by atoms with Crippen LogP contribution in [0.4, 0.5) is 0 Å². The third kappa shape index (κ3) is 4.39. The van der Waals surface area contributed by atoms with Crippen molar-refractivity contribution in [1.82, 2.24) is 10.4 Å². The number of hydrogen-bond donors (Lipinski definition) is 1. The standard InChI is InChI=1S/C9H20N2O2S/c1-2-14(12,13)9-6-10-11-7-4-3-5-8-11/h10H,2-9H2,1H3. The first kappa shape index (κ1) is 11.9. The molecule has 84 valence electrons. The van der Waals surface area contributed by atoms with E-state index in [9.17, 15) is 8.42 Å². The zero-order chi connectivity index (χ0) is 10.4. The van der Waals surface area contributed by atoms with Crippen LogP contribution in [0.5, 0.6) is 0 Å². The second kappa shape index (κ2) is 5.68. The van der Waals surface area contributed by atoms with E-state index in [0.717, 1.165) is 13.1 Å². The lowest BCUT2D eigenvalue weighted by Gasteiger charge is -2.26. The summed E-state index contributed by atoms with van der Waals surface area (Å²) in [6, 6.07) is 0. The van der Waals surface area contributed by atoms with Crippen molar-refractivity contribution in [3.05, 3.63) is 0 Å². The molecule has 1 rings (SSSR count). The molecule has 0 spiro atoms. The Morgan fingerprint density at radius 3 is 2.43 bits per heavy atom. The van der Waals surface area contributed by atoms with E-state index >= 15 is 0 Å². The van der Waals surface area contributed by atoms with E-state index in [1.807, 2.05) is 0 Å². The highest BCUT2D eigenvalue weighted by Gasteiger charge is 2.11. The molecule has 0 unspecified atom stereocenters. The summed E-state index contributed by atoms with van der Waals surface area (Å²) < 4.78 is 22.4. The first-order chi connectivity index (χ1) is 6.64. The number of hydrazine groups is 1. The maximum Gasteiger partial charge on any atom is 0.151 e. The van der Waals surface area contributed by atoms with E-state index < -0.39 is 9.84 Å². The molecule has 5 heteroatoms. The first-order valence-corrected chi connectivity index (χ1v) is 7.15. The Morgan fingerprint density at radius 1 is 1.21 bits per heavy atom. The van der Waals surface area contributed by atoms with Crippen molar-refractivity contribution in [2.24, 2.45) is 0 Å². The van der Waals surface area contributed by atoms with Gasteiger partial charge in [-0.15, -0.1) is 0 Å². The summed E-state index contributed by atoms with van der Waals surface area (Å²) in [4.78, 5) is 0. The Balaban J connectivity index is 2.14. The molecule has 0 bridgehead atoms. The molecule has 0 radical (unpaired) electrons. The maximum absolute atomic E-state index is 11.2. The van der Waals surface area contributed by atoms with Crippen LogP contribution in [-0.2, 0) is 9.84 Å². The van der Waals surface area contributed by atoms with Crippen LogP contribution in [0.25, 0.3) is 0 Å². The lowest BCUT2D eigenvalue weighted by atomic mass is 10.2. The van der Waals surface area contributed by atoms with Crippen LogP contribution in [-0.4, -0.2) is 44.6 Å². The van der Waals surface area contributed by atoms with E-state index in [0.29, 0.717) is 6.54 Å². The predicted molar refractivity (Wildman–Crippen MR) is 57.8 cm³/mol. The summed E-state index contributed by atoms with van der Waals surface area (Å²) >= 11 is 0. The molecule has 0 aliphatic carbocycles. The second-order valence-electron chi connectivity index (χ2n) is 3.69. The Kier molecular flexibility index (Phi) is 4.84. The van der Waals surface area contributed by atoms with Gasteiger partial charge in [0.05, 0.1) is 5.75 Å². The smallest absolute Gasteiger partial charge is 0.151 e. The second-order valence-corrected chi connectivity index (χ2v) is 6.16. The van der Waals surface area contributed by atoms with Crippen LogP contribution in [0.15, 0.2) is 0 Å². The van der Waals surface area contributed by atoms with Gasteiger partial charge in [0.1, 0.15) is 0 Å². The number of nitrogens with one attached hydrogen (secondary N) is 1. The third-order valence-electron chi connectivity index (χ3n) is 2.54. The van der Waals surface area contributed by atoms with E-state index in [4.69, 9.17) is 0 Å². The normalized spacial score (nSPS) is 19.8. The maximum atomic E-state index is 11.2. The van der Waals surface area contributed by atoms with Gasteiger partial charge in [0, 0.05) is 25.4 Å². The van der Waals surface area contributed by atoms with E-state index in [1.165, 1.54) is 19.3 Å². The molecule has 1 heterocycles. The van der Waals surface area contributed by atoms with Gasteiger partial charge in [0.25, 0.3) is 0 Å². The number of nitrogens with zero attached hydrogens (tertiary/aromatic N) is 1.